The van der Waals surface area contributed by atoms with E-state index in [2.05, 4.69) is 49.7 Å². The lowest BCUT2D eigenvalue weighted by atomic mass is 9.84. The van der Waals surface area contributed by atoms with Gasteiger partial charge in [-0.05, 0) is 11.2 Å². The quantitative estimate of drug-likeness (QED) is 0.744. The van der Waals surface area contributed by atoms with Crippen LogP contribution in [0, 0.1) is 5.41 Å². The Morgan fingerprint density at radius 3 is 2.73 bits per heavy atom. The summed E-state index contributed by atoms with van der Waals surface area (Å²) in [6, 6.07) is 0.698. The Balaban J connectivity index is 2.43. The molecule has 0 aromatic carbocycles. The molecular formula is C12H26N2S. The number of hydrogen-bond donors (Lipinski definition) is 1. The van der Waals surface area contributed by atoms with E-state index in [1.165, 1.54) is 24.6 Å². The molecule has 1 N–H and O–H groups in total. The maximum Gasteiger partial charge on any atom is 0.0269 e. The van der Waals surface area contributed by atoms with Crippen LogP contribution in [0.4, 0.5) is 0 Å². The molecule has 0 saturated carbocycles. The van der Waals surface area contributed by atoms with Crippen molar-refractivity contribution in [2.45, 2.75) is 33.7 Å². The predicted molar refractivity (Wildman–Crippen MR) is 70.7 cm³/mol. The second-order valence-corrected chi connectivity index (χ2v) is 6.71. The van der Waals surface area contributed by atoms with Gasteiger partial charge in [0.15, 0.2) is 0 Å². The number of hydrogen-bond acceptors (Lipinski definition) is 3. The fraction of sp³-hybridized carbons (Fsp3) is 1.00. The van der Waals surface area contributed by atoms with E-state index in [1.54, 1.807) is 0 Å². The zero-order valence-electron chi connectivity index (χ0n) is 10.7. The van der Waals surface area contributed by atoms with Gasteiger partial charge in [0.05, 0.1) is 0 Å². The Morgan fingerprint density at radius 2 is 2.13 bits per heavy atom. The van der Waals surface area contributed by atoms with Crippen molar-refractivity contribution in [1.29, 1.82) is 0 Å². The van der Waals surface area contributed by atoms with Crippen molar-refractivity contribution < 1.29 is 0 Å². The SMILES string of the molecule is CCSCCN1CCNCC1C(C)(C)C. The summed E-state index contributed by atoms with van der Waals surface area (Å²) in [7, 11) is 0. The minimum atomic E-state index is 0.393. The lowest BCUT2D eigenvalue weighted by Crippen LogP contribution is -2.57. The summed E-state index contributed by atoms with van der Waals surface area (Å²) in [4.78, 5) is 2.67. The summed E-state index contributed by atoms with van der Waals surface area (Å²) in [5.41, 5.74) is 0.393. The van der Waals surface area contributed by atoms with Crippen molar-refractivity contribution in [2.24, 2.45) is 5.41 Å². The van der Waals surface area contributed by atoms with Crippen molar-refractivity contribution in [3.63, 3.8) is 0 Å². The van der Waals surface area contributed by atoms with Gasteiger partial charge in [0.2, 0.25) is 0 Å². The van der Waals surface area contributed by atoms with Crippen molar-refractivity contribution in [3.8, 4) is 0 Å². The molecule has 0 aromatic rings. The highest BCUT2D eigenvalue weighted by molar-refractivity contribution is 7.99. The van der Waals surface area contributed by atoms with Crippen LogP contribution in [0.2, 0.25) is 0 Å². The van der Waals surface area contributed by atoms with Gasteiger partial charge < -0.3 is 5.32 Å². The molecule has 1 rings (SSSR count). The molecule has 0 aromatic heterocycles. The second-order valence-electron chi connectivity index (χ2n) is 5.32. The summed E-state index contributed by atoms with van der Waals surface area (Å²) >= 11 is 2.05. The maximum atomic E-state index is 3.51. The normalized spacial score (nSPS) is 24.4. The number of piperazine rings is 1. The summed E-state index contributed by atoms with van der Waals surface area (Å²) in [6.45, 7) is 14.1. The van der Waals surface area contributed by atoms with E-state index in [4.69, 9.17) is 0 Å². The van der Waals surface area contributed by atoms with Crippen LogP contribution in [0.15, 0.2) is 0 Å². The van der Waals surface area contributed by atoms with E-state index in [9.17, 15) is 0 Å². The summed E-state index contributed by atoms with van der Waals surface area (Å²) in [5.74, 6) is 2.52. The Morgan fingerprint density at radius 1 is 1.40 bits per heavy atom. The molecule has 0 spiro atoms. The van der Waals surface area contributed by atoms with Crippen LogP contribution in [0.3, 0.4) is 0 Å². The molecule has 1 saturated heterocycles. The van der Waals surface area contributed by atoms with Gasteiger partial charge in [0, 0.05) is 38.0 Å². The Bertz CT molecular complexity index is 177. The van der Waals surface area contributed by atoms with E-state index in [1.807, 2.05) is 0 Å². The number of nitrogens with one attached hydrogen (secondary N) is 1. The van der Waals surface area contributed by atoms with Gasteiger partial charge in [-0.25, -0.2) is 0 Å². The molecule has 90 valence electrons. The fourth-order valence-corrected chi connectivity index (χ4v) is 2.85. The molecule has 1 aliphatic heterocycles. The highest BCUT2D eigenvalue weighted by Crippen LogP contribution is 2.25. The highest BCUT2D eigenvalue weighted by Gasteiger charge is 2.31. The molecular weight excluding hydrogens is 204 g/mol. The Hall–Kier alpha value is 0.270. The molecule has 15 heavy (non-hydrogen) atoms. The largest absolute Gasteiger partial charge is 0.314 e. The monoisotopic (exact) mass is 230 g/mol. The fourth-order valence-electron chi connectivity index (χ4n) is 2.19. The third-order valence-corrected chi connectivity index (χ3v) is 3.96. The van der Waals surface area contributed by atoms with Crippen LogP contribution in [0.5, 0.6) is 0 Å². The number of rotatable bonds is 4. The average molecular weight is 230 g/mol. The first-order valence-corrected chi connectivity index (χ1v) is 7.23. The molecule has 1 fully saturated rings. The second kappa shape index (κ2) is 6.12. The van der Waals surface area contributed by atoms with Crippen LogP contribution in [-0.4, -0.2) is 48.6 Å². The van der Waals surface area contributed by atoms with Crippen LogP contribution >= 0.6 is 11.8 Å². The lowest BCUT2D eigenvalue weighted by Gasteiger charge is -2.43. The molecule has 2 nitrogen and oxygen atoms in total. The van der Waals surface area contributed by atoms with Crippen molar-refractivity contribution in [2.75, 3.05) is 37.7 Å². The first-order chi connectivity index (χ1) is 7.05. The van der Waals surface area contributed by atoms with Gasteiger partial charge >= 0.3 is 0 Å². The Kier molecular flexibility index (Phi) is 5.44. The predicted octanol–water partition coefficient (Wildman–Crippen LogP) is 2.06. The number of nitrogens with zero attached hydrogens (tertiary/aromatic N) is 1. The molecule has 1 heterocycles. The smallest absolute Gasteiger partial charge is 0.0269 e. The average Bonchev–Trinajstić information content (AvgIpc) is 2.17. The topological polar surface area (TPSA) is 15.3 Å². The summed E-state index contributed by atoms with van der Waals surface area (Å²) in [6.07, 6.45) is 0. The first-order valence-electron chi connectivity index (χ1n) is 6.08. The summed E-state index contributed by atoms with van der Waals surface area (Å²) in [5, 5.41) is 3.51. The molecule has 0 radical (unpaired) electrons. The van der Waals surface area contributed by atoms with Crippen LogP contribution < -0.4 is 5.32 Å². The zero-order chi connectivity index (χ0) is 11.3. The van der Waals surface area contributed by atoms with Gasteiger partial charge in [-0.1, -0.05) is 27.7 Å². The van der Waals surface area contributed by atoms with E-state index in [-0.39, 0.29) is 0 Å². The van der Waals surface area contributed by atoms with Crippen molar-refractivity contribution in [3.05, 3.63) is 0 Å². The molecule has 1 aliphatic rings. The molecule has 3 heteroatoms. The zero-order valence-corrected chi connectivity index (χ0v) is 11.5. The first kappa shape index (κ1) is 13.3. The third-order valence-electron chi connectivity index (χ3n) is 3.08. The van der Waals surface area contributed by atoms with Crippen LogP contribution in [-0.2, 0) is 0 Å². The highest BCUT2D eigenvalue weighted by atomic mass is 32.2. The van der Waals surface area contributed by atoms with E-state index < -0.39 is 0 Å². The molecule has 1 atom stereocenters. The Labute approximate surface area is 99.2 Å². The van der Waals surface area contributed by atoms with E-state index in [0.717, 1.165) is 13.1 Å². The lowest BCUT2D eigenvalue weighted by molar-refractivity contribution is 0.0817. The van der Waals surface area contributed by atoms with Gasteiger partial charge in [0.1, 0.15) is 0 Å². The van der Waals surface area contributed by atoms with Crippen LogP contribution in [0.1, 0.15) is 27.7 Å². The molecule has 0 amide bonds. The van der Waals surface area contributed by atoms with Crippen LogP contribution in [0.25, 0.3) is 0 Å². The van der Waals surface area contributed by atoms with E-state index in [0.29, 0.717) is 11.5 Å². The van der Waals surface area contributed by atoms with Gasteiger partial charge in [-0.15, -0.1) is 0 Å². The molecule has 0 bridgehead atoms. The van der Waals surface area contributed by atoms with E-state index >= 15 is 0 Å². The third kappa shape index (κ3) is 4.33. The maximum absolute atomic E-state index is 3.51. The van der Waals surface area contributed by atoms with Gasteiger partial charge in [-0.2, -0.15) is 11.8 Å². The minimum absolute atomic E-state index is 0.393. The summed E-state index contributed by atoms with van der Waals surface area (Å²) < 4.78 is 0. The number of thioether (sulfide) groups is 1. The molecule has 1 unspecified atom stereocenters. The van der Waals surface area contributed by atoms with Gasteiger partial charge in [0.25, 0.3) is 0 Å². The van der Waals surface area contributed by atoms with Crippen molar-refractivity contribution >= 4 is 11.8 Å². The van der Waals surface area contributed by atoms with Crippen molar-refractivity contribution in [1.82, 2.24) is 10.2 Å². The standard InChI is InChI=1S/C12H26N2S/c1-5-15-9-8-14-7-6-13-10-11(14)12(2,3)4/h11,13H,5-10H2,1-4H3. The van der Waals surface area contributed by atoms with Gasteiger partial charge in [-0.3, -0.25) is 4.90 Å². The molecule has 0 aliphatic carbocycles. The minimum Gasteiger partial charge on any atom is -0.314 e.